The fraction of sp³-hybridized carbons (Fsp3) is 0.208. The zero-order valence-corrected chi connectivity index (χ0v) is 18.4. The number of fused-ring (bicyclic) bond motifs is 1. The number of hydrogen-bond acceptors (Lipinski definition) is 4. The van der Waals surface area contributed by atoms with Crippen molar-refractivity contribution in [1.29, 1.82) is 0 Å². The molecular weight excluding hydrogens is 410 g/mol. The highest BCUT2D eigenvalue weighted by molar-refractivity contribution is 7.17. The molecule has 1 amide bonds. The number of para-hydroxylation sites is 1. The second-order valence-electron chi connectivity index (χ2n) is 7.77. The zero-order chi connectivity index (χ0) is 22.1. The van der Waals surface area contributed by atoms with Crippen molar-refractivity contribution in [1.82, 2.24) is 9.13 Å². The SMILES string of the molecule is Cc1cccc(-n2c(=O)c3sccc3n(CC(=O)Nc3ccccc3C(C)C)c2=O)c1. The Hall–Kier alpha value is -3.45. The van der Waals surface area contributed by atoms with E-state index in [-0.39, 0.29) is 23.9 Å². The van der Waals surface area contributed by atoms with Crippen molar-refractivity contribution >= 4 is 33.1 Å². The van der Waals surface area contributed by atoms with E-state index in [2.05, 4.69) is 19.2 Å². The number of carbonyl (C=O) groups excluding carboxylic acids is 1. The fourth-order valence-electron chi connectivity index (χ4n) is 3.68. The summed E-state index contributed by atoms with van der Waals surface area (Å²) in [6.07, 6.45) is 0. The summed E-state index contributed by atoms with van der Waals surface area (Å²) < 4.78 is 2.95. The van der Waals surface area contributed by atoms with E-state index in [4.69, 9.17) is 0 Å². The van der Waals surface area contributed by atoms with Crippen molar-refractivity contribution in [2.45, 2.75) is 33.2 Å². The molecule has 0 fully saturated rings. The molecule has 0 saturated heterocycles. The van der Waals surface area contributed by atoms with Gasteiger partial charge in [-0.2, -0.15) is 0 Å². The van der Waals surface area contributed by atoms with E-state index >= 15 is 0 Å². The molecule has 2 aromatic carbocycles. The molecule has 0 unspecified atom stereocenters. The molecule has 0 bridgehead atoms. The maximum absolute atomic E-state index is 13.3. The van der Waals surface area contributed by atoms with E-state index in [1.165, 1.54) is 15.9 Å². The summed E-state index contributed by atoms with van der Waals surface area (Å²) in [5, 5.41) is 4.68. The van der Waals surface area contributed by atoms with Gasteiger partial charge in [-0.25, -0.2) is 9.36 Å². The van der Waals surface area contributed by atoms with E-state index < -0.39 is 5.69 Å². The van der Waals surface area contributed by atoms with Gasteiger partial charge in [0.05, 0.1) is 11.2 Å². The summed E-state index contributed by atoms with van der Waals surface area (Å²) in [6.45, 7) is 5.82. The molecule has 0 atom stereocenters. The highest BCUT2D eigenvalue weighted by atomic mass is 32.1. The third kappa shape index (κ3) is 3.96. The van der Waals surface area contributed by atoms with Crippen LogP contribution in [0.25, 0.3) is 15.9 Å². The van der Waals surface area contributed by atoms with Gasteiger partial charge in [-0.1, -0.05) is 44.2 Å². The third-order valence-electron chi connectivity index (χ3n) is 5.17. The first-order valence-electron chi connectivity index (χ1n) is 10.1. The number of nitrogens with zero attached hydrogens (tertiary/aromatic N) is 2. The average molecular weight is 434 g/mol. The summed E-state index contributed by atoms with van der Waals surface area (Å²) in [7, 11) is 0. The number of rotatable bonds is 5. The van der Waals surface area contributed by atoms with Gasteiger partial charge in [0.1, 0.15) is 11.2 Å². The average Bonchev–Trinajstić information content (AvgIpc) is 3.22. The molecule has 2 aromatic heterocycles. The van der Waals surface area contributed by atoms with Gasteiger partial charge in [0.25, 0.3) is 5.56 Å². The fourth-order valence-corrected chi connectivity index (χ4v) is 4.51. The summed E-state index contributed by atoms with van der Waals surface area (Å²) in [4.78, 5) is 39.3. The van der Waals surface area contributed by atoms with E-state index in [9.17, 15) is 14.4 Å². The lowest BCUT2D eigenvalue weighted by Gasteiger charge is -2.15. The monoisotopic (exact) mass is 433 g/mol. The normalized spacial score (nSPS) is 11.2. The second kappa shape index (κ2) is 8.35. The maximum Gasteiger partial charge on any atom is 0.336 e. The lowest BCUT2D eigenvalue weighted by molar-refractivity contribution is -0.116. The summed E-state index contributed by atoms with van der Waals surface area (Å²) in [6, 6.07) is 16.5. The molecule has 0 aliphatic heterocycles. The Morgan fingerprint density at radius 3 is 2.58 bits per heavy atom. The molecule has 7 heteroatoms. The lowest BCUT2D eigenvalue weighted by Crippen LogP contribution is -2.40. The van der Waals surface area contributed by atoms with Crippen LogP contribution in [-0.4, -0.2) is 15.0 Å². The van der Waals surface area contributed by atoms with E-state index in [0.29, 0.717) is 15.9 Å². The Morgan fingerprint density at radius 2 is 1.84 bits per heavy atom. The molecule has 6 nitrogen and oxygen atoms in total. The summed E-state index contributed by atoms with van der Waals surface area (Å²) in [5.74, 6) is -0.0804. The Kier molecular flexibility index (Phi) is 5.61. The topological polar surface area (TPSA) is 73.1 Å². The van der Waals surface area contributed by atoms with Crippen molar-refractivity contribution in [3.05, 3.63) is 91.9 Å². The molecule has 2 heterocycles. The van der Waals surface area contributed by atoms with Gasteiger partial charge in [-0.05, 0) is 53.6 Å². The maximum atomic E-state index is 13.3. The van der Waals surface area contributed by atoms with Gasteiger partial charge in [0, 0.05) is 5.69 Å². The minimum Gasteiger partial charge on any atom is -0.324 e. The van der Waals surface area contributed by atoms with Crippen LogP contribution >= 0.6 is 11.3 Å². The van der Waals surface area contributed by atoms with Gasteiger partial charge in [-0.15, -0.1) is 11.3 Å². The lowest BCUT2D eigenvalue weighted by atomic mass is 10.0. The van der Waals surface area contributed by atoms with Crippen molar-refractivity contribution in [3.63, 3.8) is 0 Å². The first-order valence-corrected chi connectivity index (χ1v) is 10.9. The van der Waals surface area contributed by atoms with E-state index in [1.54, 1.807) is 29.6 Å². The van der Waals surface area contributed by atoms with E-state index in [1.807, 2.05) is 37.3 Å². The molecule has 0 aliphatic rings. The van der Waals surface area contributed by atoms with Crippen molar-refractivity contribution < 1.29 is 4.79 Å². The minimum atomic E-state index is -0.534. The molecule has 0 saturated carbocycles. The zero-order valence-electron chi connectivity index (χ0n) is 17.6. The van der Waals surface area contributed by atoms with Crippen LogP contribution in [-0.2, 0) is 11.3 Å². The van der Waals surface area contributed by atoms with Crippen LogP contribution < -0.4 is 16.6 Å². The second-order valence-corrected chi connectivity index (χ2v) is 8.69. The minimum absolute atomic E-state index is 0.190. The highest BCUT2D eigenvalue weighted by Gasteiger charge is 2.18. The Morgan fingerprint density at radius 1 is 1.06 bits per heavy atom. The number of nitrogens with one attached hydrogen (secondary N) is 1. The number of amides is 1. The molecule has 4 aromatic rings. The molecule has 0 aliphatic carbocycles. The van der Waals surface area contributed by atoms with Crippen LogP contribution in [0.4, 0.5) is 5.69 Å². The van der Waals surface area contributed by atoms with Crippen LogP contribution in [0.15, 0.2) is 69.6 Å². The van der Waals surface area contributed by atoms with Gasteiger partial charge >= 0.3 is 5.69 Å². The Labute approximate surface area is 183 Å². The number of thiophene rings is 1. The molecule has 4 rings (SSSR count). The van der Waals surface area contributed by atoms with E-state index in [0.717, 1.165) is 21.4 Å². The van der Waals surface area contributed by atoms with Gasteiger partial charge in [-0.3, -0.25) is 14.2 Å². The summed E-state index contributed by atoms with van der Waals surface area (Å²) >= 11 is 1.26. The van der Waals surface area contributed by atoms with Crippen molar-refractivity contribution in [2.24, 2.45) is 0 Å². The molecule has 1 N–H and O–H groups in total. The number of aryl methyl sites for hydroxylation is 1. The highest BCUT2D eigenvalue weighted by Crippen LogP contribution is 2.24. The largest absolute Gasteiger partial charge is 0.336 e. The van der Waals surface area contributed by atoms with Gasteiger partial charge in [0.15, 0.2) is 0 Å². The van der Waals surface area contributed by atoms with Crippen LogP contribution in [0.2, 0.25) is 0 Å². The van der Waals surface area contributed by atoms with Crippen LogP contribution in [0.1, 0.15) is 30.9 Å². The number of hydrogen-bond donors (Lipinski definition) is 1. The predicted molar refractivity (Wildman–Crippen MR) is 126 cm³/mol. The molecule has 0 spiro atoms. The van der Waals surface area contributed by atoms with Crippen molar-refractivity contribution in [3.8, 4) is 5.69 Å². The molecular formula is C24H23N3O3S. The Bertz CT molecular complexity index is 1400. The number of anilines is 1. The number of aromatic nitrogens is 2. The first kappa shape index (κ1) is 20.8. The third-order valence-corrected chi connectivity index (χ3v) is 6.06. The molecule has 0 radical (unpaired) electrons. The van der Waals surface area contributed by atoms with Crippen LogP contribution in [0.5, 0.6) is 0 Å². The smallest absolute Gasteiger partial charge is 0.324 e. The Balaban J connectivity index is 1.78. The molecule has 158 valence electrons. The standard InChI is InChI=1S/C24H23N3O3S/c1-15(2)18-9-4-5-10-19(18)25-21(28)14-26-20-11-12-31-22(20)23(29)27(24(26)30)17-8-6-7-16(3)13-17/h4-13,15H,14H2,1-3H3,(H,25,28). The summed E-state index contributed by atoms with van der Waals surface area (Å²) in [5.41, 5.74) is 2.74. The van der Waals surface area contributed by atoms with Crippen LogP contribution in [0.3, 0.4) is 0 Å². The number of benzene rings is 2. The quantitative estimate of drug-likeness (QED) is 0.510. The predicted octanol–water partition coefficient (Wildman–Crippen LogP) is 4.28. The van der Waals surface area contributed by atoms with Gasteiger partial charge < -0.3 is 5.32 Å². The van der Waals surface area contributed by atoms with Crippen LogP contribution in [0, 0.1) is 6.92 Å². The molecule has 31 heavy (non-hydrogen) atoms. The van der Waals surface area contributed by atoms with Gasteiger partial charge in [0.2, 0.25) is 5.91 Å². The number of carbonyl (C=O) groups is 1. The first-order chi connectivity index (χ1) is 14.9. The van der Waals surface area contributed by atoms with Crippen molar-refractivity contribution in [2.75, 3.05) is 5.32 Å².